The van der Waals surface area contributed by atoms with E-state index in [0.717, 1.165) is 16.7 Å². The summed E-state index contributed by atoms with van der Waals surface area (Å²) in [5, 5.41) is 0. The first-order chi connectivity index (χ1) is 9.78. The van der Waals surface area contributed by atoms with Gasteiger partial charge in [-0.3, -0.25) is 4.98 Å². The van der Waals surface area contributed by atoms with Gasteiger partial charge in [-0.2, -0.15) is 0 Å². The minimum absolute atomic E-state index is 0.227. The molecule has 0 N–H and O–H groups in total. The Bertz CT molecular complexity index is 516. The van der Waals surface area contributed by atoms with Crippen LogP contribution in [0, 0.1) is 0 Å². The highest BCUT2D eigenvalue weighted by Crippen LogP contribution is 2.28. The molecule has 1 fully saturated rings. The maximum Gasteiger partial charge on any atom is 0.410 e. The van der Waals surface area contributed by atoms with Crippen LogP contribution in [-0.4, -0.2) is 47.3 Å². The topological polar surface area (TPSA) is 45.7 Å². The number of carbonyl (C=O) groups is 1. The van der Waals surface area contributed by atoms with Gasteiger partial charge in [0.15, 0.2) is 0 Å². The minimum Gasteiger partial charge on any atom is -0.444 e. The molecule has 2 heterocycles. The molecule has 21 heavy (non-hydrogen) atoms. The lowest BCUT2D eigenvalue weighted by Gasteiger charge is -2.41. The zero-order chi connectivity index (χ0) is 15.6. The molecule has 0 saturated carbocycles. The summed E-state index contributed by atoms with van der Waals surface area (Å²) in [4.78, 5) is 20.3. The molecule has 1 saturated heterocycles. The molecule has 1 atom stereocenters. The summed E-state index contributed by atoms with van der Waals surface area (Å²) in [6, 6.07) is 2.22. The fourth-order valence-corrected chi connectivity index (χ4v) is 2.89. The standard InChI is InChI=1S/C15H22BrN3O2/c1-11-10-18(14(20)21-15(2,3)4)7-8-19(11)13-5-6-17-9-12(13)16/h5-6,9,11H,7-8,10H2,1-4H3/t11-/m1/s1. The van der Waals surface area contributed by atoms with Gasteiger partial charge in [0.2, 0.25) is 0 Å². The Kier molecular flexibility index (Phi) is 4.76. The van der Waals surface area contributed by atoms with Crippen LogP contribution in [0.5, 0.6) is 0 Å². The Hall–Kier alpha value is -1.30. The lowest BCUT2D eigenvalue weighted by Crippen LogP contribution is -2.54. The van der Waals surface area contributed by atoms with Gasteiger partial charge in [-0.05, 0) is 49.7 Å². The molecule has 1 aliphatic heterocycles. The Labute approximate surface area is 134 Å². The molecular weight excluding hydrogens is 334 g/mol. The highest BCUT2D eigenvalue weighted by molar-refractivity contribution is 9.10. The largest absolute Gasteiger partial charge is 0.444 e. The van der Waals surface area contributed by atoms with Crippen LogP contribution >= 0.6 is 15.9 Å². The van der Waals surface area contributed by atoms with E-state index in [1.165, 1.54) is 0 Å². The van der Waals surface area contributed by atoms with Crippen molar-refractivity contribution in [3.63, 3.8) is 0 Å². The Morgan fingerprint density at radius 2 is 2.14 bits per heavy atom. The third-order valence-electron chi connectivity index (χ3n) is 3.34. The molecule has 0 aliphatic carbocycles. The zero-order valence-corrected chi connectivity index (χ0v) is 14.6. The van der Waals surface area contributed by atoms with Crippen molar-refractivity contribution < 1.29 is 9.53 Å². The van der Waals surface area contributed by atoms with Gasteiger partial charge in [0.25, 0.3) is 0 Å². The van der Waals surface area contributed by atoms with Gasteiger partial charge in [0.05, 0.1) is 10.2 Å². The van der Waals surface area contributed by atoms with Crippen LogP contribution in [0.3, 0.4) is 0 Å². The SMILES string of the molecule is C[C@@H]1CN(C(=O)OC(C)(C)C)CCN1c1ccncc1Br. The lowest BCUT2D eigenvalue weighted by molar-refractivity contribution is 0.0219. The van der Waals surface area contributed by atoms with Crippen molar-refractivity contribution in [2.75, 3.05) is 24.5 Å². The molecule has 1 amide bonds. The Morgan fingerprint density at radius 1 is 1.43 bits per heavy atom. The maximum atomic E-state index is 12.1. The predicted octanol–water partition coefficient (Wildman–Crippen LogP) is 3.29. The number of hydrogen-bond donors (Lipinski definition) is 0. The van der Waals surface area contributed by atoms with E-state index in [1.807, 2.05) is 26.8 Å². The van der Waals surface area contributed by atoms with E-state index >= 15 is 0 Å². The van der Waals surface area contributed by atoms with Gasteiger partial charge < -0.3 is 14.5 Å². The van der Waals surface area contributed by atoms with Gasteiger partial charge in [0.1, 0.15) is 5.60 Å². The van der Waals surface area contributed by atoms with E-state index in [0.29, 0.717) is 13.1 Å². The minimum atomic E-state index is -0.453. The van der Waals surface area contributed by atoms with Crippen molar-refractivity contribution >= 4 is 27.7 Å². The third kappa shape index (κ3) is 4.09. The normalized spacial score (nSPS) is 19.6. The molecule has 0 spiro atoms. The number of aromatic nitrogens is 1. The predicted molar refractivity (Wildman–Crippen MR) is 86.6 cm³/mol. The number of piperazine rings is 1. The summed E-state index contributed by atoms with van der Waals surface area (Å²) in [5.74, 6) is 0. The van der Waals surface area contributed by atoms with Gasteiger partial charge in [-0.15, -0.1) is 0 Å². The number of carbonyl (C=O) groups excluding carboxylic acids is 1. The number of anilines is 1. The van der Waals surface area contributed by atoms with Crippen LogP contribution in [0.25, 0.3) is 0 Å². The highest BCUT2D eigenvalue weighted by Gasteiger charge is 2.30. The molecular formula is C15H22BrN3O2. The number of ether oxygens (including phenoxy) is 1. The van der Waals surface area contributed by atoms with Crippen molar-refractivity contribution in [1.82, 2.24) is 9.88 Å². The van der Waals surface area contributed by atoms with Crippen LogP contribution < -0.4 is 4.90 Å². The summed E-state index contributed by atoms with van der Waals surface area (Å²) in [6.07, 6.45) is 3.35. The molecule has 116 valence electrons. The molecule has 5 nitrogen and oxygen atoms in total. The molecule has 2 rings (SSSR count). The first-order valence-electron chi connectivity index (χ1n) is 7.12. The fraction of sp³-hybridized carbons (Fsp3) is 0.600. The maximum absolute atomic E-state index is 12.1. The van der Waals surface area contributed by atoms with E-state index in [2.05, 4.69) is 32.7 Å². The highest BCUT2D eigenvalue weighted by atomic mass is 79.9. The Morgan fingerprint density at radius 3 is 2.71 bits per heavy atom. The van der Waals surface area contributed by atoms with Gasteiger partial charge >= 0.3 is 6.09 Å². The van der Waals surface area contributed by atoms with E-state index in [9.17, 15) is 4.79 Å². The molecule has 6 heteroatoms. The number of hydrogen-bond acceptors (Lipinski definition) is 4. The quantitative estimate of drug-likeness (QED) is 0.775. The second-order valence-electron chi connectivity index (χ2n) is 6.30. The number of nitrogens with zero attached hydrogens (tertiary/aromatic N) is 3. The summed E-state index contributed by atoms with van der Waals surface area (Å²) in [5.41, 5.74) is 0.660. The van der Waals surface area contributed by atoms with Crippen molar-refractivity contribution in [2.45, 2.75) is 39.3 Å². The number of pyridine rings is 1. The number of halogens is 1. The van der Waals surface area contributed by atoms with Crippen molar-refractivity contribution in [2.24, 2.45) is 0 Å². The molecule has 0 bridgehead atoms. The molecule has 1 aromatic rings. The fourth-order valence-electron chi connectivity index (χ4n) is 2.41. The summed E-state index contributed by atoms with van der Waals surface area (Å²) in [6.45, 7) is 9.88. The van der Waals surface area contributed by atoms with Crippen LogP contribution in [0.2, 0.25) is 0 Å². The molecule has 0 aromatic carbocycles. The summed E-state index contributed by atoms with van der Waals surface area (Å²) in [7, 11) is 0. The monoisotopic (exact) mass is 355 g/mol. The van der Waals surface area contributed by atoms with Crippen LogP contribution in [0.4, 0.5) is 10.5 Å². The zero-order valence-electron chi connectivity index (χ0n) is 13.0. The van der Waals surface area contributed by atoms with Crippen molar-refractivity contribution in [3.8, 4) is 0 Å². The summed E-state index contributed by atoms with van der Waals surface area (Å²) >= 11 is 3.53. The van der Waals surface area contributed by atoms with E-state index in [4.69, 9.17) is 4.74 Å². The molecule has 0 unspecified atom stereocenters. The lowest BCUT2D eigenvalue weighted by atomic mass is 10.1. The molecule has 1 aliphatic rings. The molecule has 0 radical (unpaired) electrons. The average molecular weight is 356 g/mol. The second-order valence-corrected chi connectivity index (χ2v) is 7.15. The second kappa shape index (κ2) is 6.22. The summed E-state index contributed by atoms with van der Waals surface area (Å²) < 4.78 is 6.41. The Balaban J connectivity index is 2.03. The third-order valence-corrected chi connectivity index (χ3v) is 3.95. The van der Waals surface area contributed by atoms with Crippen LogP contribution in [-0.2, 0) is 4.74 Å². The van der Waals surface area contributed by atoms with Crippen LogP contribution in [0.15, 0.2) is 22.9 Å². The first-order valence-corrected chi connectivity index (χ1v) is 7.91. The van der Waals surface area contributed by atoms with Gasteiger partial charge in [-0.25, -0.2) is 4.79 Å². The first kappa shape index (κ1) is 16.1. The smallest absolute Gasteiger partial charge is 0.410 e. The van der Waals surface area contributed by atoms with Gasteiger partial charge in [0, 0.05) is 38.1 Å². The molecule has 1 aromatic heterocycles. The van der Waals surface area contributed by atoms with E-state index in [1.54, 1.807) is 17.3 Å². The number of rotatable bonds is 1. The van der Waals surface area contributed by atoms with E-state index in [-0.39, 0.29) is 12.1 Å². The van der Waals surface area contributed by atoms with E-state index < -0.39 is 5.60 Å². The van der Waals surface area contributed by atoms with Gasteiger partial charge in [-0.1, -0.05) is 0 Å². The van der Waals surface area contributed by atoms with Crippen molar-refractivity contribution in [1.29, 1.82) is 0 Å². The van der Waals surface area contributed by atoms with Crippen molar-refractivity contribution in [3.05, 3.63) is 22.9 Å². The number of amides is 1. The van der Waals surface area contributed by atoms with Crippen LogP contribution in [0.1, 0.15) is 27.7 Å². The average Bonchev–Trinajstić information content (AvgIpc) is 2.38.